The molecule has 1 aromatic heterocycles. The summed E-state index contributed by atoms with van der Waals surface area (Å²) in [5, 5.41) is 4.42. The van der Waals surface area contributed by atoms with E-state index in [0.717, 1.165) is 28.2 Å². The summed E-state index contributed by atoms with van der Waals surface area (Å²) in [6, 6.07) is 0.482. The van der Waals surface area contributed by atoms with E-state index in [1.807, 2.05) is 11.6 Å². The van der Waals surface area contributed by atoms with Crippen molar-refractivity contribution in [3.05, 3.63) is 9.26 Å². The van der Waals surface area contributed by atoms with Crippen LogP contribution < -0.4 is 4.74 Å². The molecule has 0 unspecified atom stereocenters. The van der Waals surface area contributed by atoms with Crippen molar-refractivity contribution in [3.8, 4) is 5.88 Å². The van der Waals surface area contributed by atoms with E-state index in [9.17, 15) is 0 Å². The molecule has 0 aliphatic carbocycles. The maximum Gasteiger partial charge on any atom is 0.226 e. The van der Waals surface area contributed by atoms with Crippen LogP contribution in [0.25, 0.3) is 0 Å². The SMILES string of the molecule is Cc1nn2c(c1I)OCC[C@@H]2C. The second-order valence-corrected chi connectivity index (χ2v) is 4.21. The van der Waals surface area contributed by atoms with Gasteiger partial charge < -0.3 is 4.74 Å². The summed E-state index contributed by atoms with van der Waals surface area (Å²) in [5.74, 6) is 0.951. The van der Waals surface area contributed by atoms with Crippen LogP contribution in [0, 0.1) is 10.5 Å². The van der Waals surface area contributed by atoms with Crippen molar-refractivity contribution < 1.29 is 4.74 Å². The number of ether oxygens (including phenoxy) is 1. The van der Waals surface area contributed by atoms with Gasteiger partial charge in [0.25, 0.3) is 0 Å². The number of aromatic nitrogens is 2. The number of nitrogens with zero attached hydrogens (tertiary/aromatic N) is 2. The minimum Gasteiger partial charge on any atom is -0.477 e. The summed E-state index contributed by atoms with van der Waals surface area (Å²) < 4.78 is 8.68. The molecule has 0 saturated carbocycles. The molecule has 1 aromatic rings. The molecule has 3 nitrogen and oxygen atoms in total. The molecule has 0 N–H and O–H groups in total. The average Bonchev–Trinajstić information content (AvgIpc) is 2.32. The van der Waals surface area contributed by atoms with Gasteiger partial charge in [-0.05, 0) is 36.4 Å². The Morgan fingerprint density at radius 2 is 2.42 bits per heavy atom. The molecular weight excluding hydrogens is 267 g/mol. The van der Waals surface area contributed by atoms with Gasteiger partial charge in [-0.25, -0.2) is 4.68 Å². The molecular formula is C8H11IN2O. The molecule has 12 heavy (non-hydrogen) atoms. The zero-order valence-corrected chi connectivity index (χ0v) is 9.33. The Kier molecular flexibility index (Phi) is 2.02. The van der Waals surface area contributed by atoms with E-state index in [-0.39, 0.29) is 0 Å². The Hall–Kier alpha value is -0.260. The molecule has 2 rings (SSSR count). The van der Waals surface area contributed by atoms with Crippen LogP contribution in [0.4, 0.5) is 0 Å². The van der Waals surface area contributed by atoms with Gasteiger partial charge in [-0.1, -0.05) is 0 Å². The van der Waals surface area contributed by atoms with Gasteiger partial charge in [-0.15, -0.1) is 0 Å². The molecule has 2 heterocycles. The first-order valence-corrected chi connectivity index (χ1v) is 5.15. The largest absolute Gasteiger partial charge is 0.477 e. The van der Waals surface area contributed by atoms with Crippen LogP contribution in [0.1, 0.15) is 25.1 Å². The fourth-order valence-electron chi connectivity index (χ4n) is 1.38. The first kappa shape index (κ1) is 8.34. The minimum atomic E-state index is 0.482. The monoisotopic (exact) mass is 278 g/mol. The van der Waals surface area contributed by atoms with Crippen molar-refractivity contribution in [1.82, 2.24) is 9.78 Å². The number of halogens is 1. The quantitative estimate of drug-likeness (QED) is 0.680. The standard InChI is InChI=1S/C8H11IN2O/c1-5-3-4-12-8-7(9)6(2)10-11(5)8/h5H,3-4H2,1-2H3/t5-/m0/s1. The van der Waals surface area contributed by atoms with Crippen LogP contribution in [0.2, 0.25) is 0 Å². The summed E-state index contributed by atoms with van der Waals surface area (Å²) in [4.78, 5) is 0. The van der Waals surface area contributed by atoms with Crippen LogP contribution in [-0.2, 0) is 0 Å². The maximum atomic E-state index is 5.54. The van der Waals surface area contributed by atoms with E-state index >= 15 is 0 Å². The predicted octanol–water partition coefficient (Wildman–Crippen LogP) is 2.14. The lowest BCUT2D eigenvalue weighted by Gasteiger charge is -2.21. The zero-order valence-electron chi connectivity index (χ0n) is 7.17. The van der Waals surface area contributed by atoms with Gasteiger partial charge in [-0.2, -0.15) is 5.10 Å². The van der Waals surface area contributed by atoms with Crippen molar-refractivity contribution in [3.63, 3.8) is 0 Å². The van der Waals surface area contributed by atoms with E-state index in [0.29, 0.717) is 6.04 Å². The molecule has 0 saturated heterocycles. The molecule has 0 bridgehead atoms. The van der Waals surface area contributed by atoms with Gasteiger partial charge in [0.1, 0.15) is 0 Å². The van der Waals surface area contributed by atoms with Crippen molar-refractivity contribution in [2.24, 2.45) is 0 Å². The zero-order chi connectivity index (χ0) is 8.72. The molecule has 1 aliphatic rings. The highest BCUT2D eigenvalue weighted by Crippen LogP contribution is 2.31. The summed E-state index contributed by atoms with van der Waals surface area (Å²) in [6.07, 6.45) is 1.06. The smallest absolute Gasteiger partial charge is 0.226 e. The molecule has 66 valence electrons. The molecule has 1 aliphatic heterocycles. The van der Waals surface area contributed by atoms with Crippen LogP contribution >= 0.6 is 22.6 Å². The van der Waals surface area contributed by atoms with Crippen LogP contribution in [-0.4, -0.2) is 16.4 Å². The molecule has 0 amide bonds. The third-order valence-electron chi connectivity index (χ3n) is 2.16. The lowest BCUT2D eigenvalue weighted by Crippen LogP contribution is -2.19. The van der Waals surface area contributed by atoms with Gasteiger partial charge in [-0.3, -0.25) is 0 Å². The number of aryl methyl sites for hydroxylation is 1. The van der Waals surface area contributed by atoms with E-state index in [4.69, 9.17) is 4.74 Å². The lowest BCUT2D eigenvalue weighted by molar-refractivity contribution is 0.199. The fourth-order valence-corrected chi connectivity index (χ4v) is 1.89. The molecule has 0 spiro atoms. The second kappa shape index (κ2) is 2.90. The second-order valence-electron chi connectivity index (χ2n) is 3.14. The van der Waals surface area contributed by atoms with Gasteiger partial charge in [0.2, 0.25) is 5.88 Å². The van der Waals surface area contributed by atoms with Crippen LogP contribution in [0.5, 0.6) is 5.88 Å². The Bertz CT molecular complexity index is 308. The van der Waals surface area contributed by atoms with Crippen LogP contribution in [0.15, 0.2) is 0 Å². The number of rotatable bonds is 0. The topological polar surface area (TPSA) is 27.1 Å². The van der Waals surface area contributed by atoms with Gasteiger partial charge >= 0.3 is 0 Å². The third-order valence-corrected chi connectivity index (χ3v) is 3.41. The number of hydrogen-bond acceptors (Lipinski definition) is 2. The third kappa shape index (κ3) is 1.12. The van der Waals surface area contributed by atoms with Crippen molar-refractivity contribution in [2.45, 2.75) is 26.3 Å². The molecule has 0 radical (unpaired) electrons. The summed E-state index contributed by atoms with van der Waals surface area (Å²) in [6.45, 7) is 5.01. The van der Waals surface area contributed by atoms with Crippen molar-refractivity contribution in [2.75, 3.05) is 6.61 Å². The Labute approximate surface area is 85.2 Å². The Morgan fingerprint density at radius 3 is 3.08 bits per heavy atom. The Balaban J connectivity index is 2.52. The van der Waals surface area contributed by atoms with E-state index < -0.39 is 0 Å². The van der Waals surface area contributed by atoms with E-state index in [2.05, 4.69) is 34.6 Å². The fraction of sp³-hybridized carbons (Fsp3) is 0.625. The van der Waals surface area contributed by atoms with E-state index in [1.54, 1.807) is 0 Å². The van der Waals surface area contributed by atoms with Crippen molar-refractivity contribution in [1.29, 1.82) is 0 Å². The summed E-state index contributed by atoms with van der Waals surface area (Å²) in [5.41, 5.74) is 1.07. The molecule has 1 atom stereocenters. The first-order valence-electron chi connectivity index (χ1n) is 4.07. The minimum absolute atomic E-state index is 0.482. The summed E-state index contributed by atoms with van der Waals surface area (Å²) >= 11 is 2.28. The highest BCUT2D eigenvalue weighted by Gasteiger charge is 2.22. The van der Waals surface area contributed by atoms with Crippen molar-refractivity contribution >= 4 is 22.6 Å². The molecule has 4 heteroatoms. The molecule has 0 aromatic carbocycles. The van der Waals surface area contributed by atoms with Crippen LogP contribution in [0.3, 0.4) is 0 Å². The molecule has 0 fully saturated rings. The lowest BCUT2D eigenvalue weighted by atomic mass is 10.2. The maximum absolute atomic E-state index is 5.54. The normalized spacial score (nSPS) is 21.8. The van der Waals surface area contributed by atoms with Gasteiger partial charge in [0.15, 0.2) is 0 Å². The van der Waals surface area contributed by atoms with E-state index in [1.165, 1.54) is 0 Å². The highest BCUT2D eigenvalue weighted by molar-refractivity contribution is 14.1. The van der Waals surface area contributed by atoms with Gasteiger partial charge in [0, 0.05) is 6.42 Å². The number of fused-ring (bicyclic) bond motifs is 1. The summed E-state index contributed by atoms with van der Waals surface area (Å²) in [7, 11) is 0. The average molecular weight is 278 g/mol. The first-order chi connectivity index (χ1) is 5.70. The van der Waals surface area contributed by atoms with Gasteiger partial charge in [0.05, 0.1) is 21.9 Å². The number of hydrogen-bond donors (Lipinski definition) is 0. The Morgan fingerprint density at radius 1 is 1.67 bits per heavy atom. The predicted molar refractivity (Wildman–Crippen MR) is 54.5 cm³/mol. The highest BCUT2D eigenvalue weighted by atomic mass is 127.